The van der Waals surface area contributed by atoms with Gasteiger partial charge in [-0.05, 0) is 46.7 Å². The molecule has 4 rings (SSSR count). The van der Waals surface area contributed by atoms with E-state index in [2.05, 4.69) is 0 Å². The summed E-state index contributed by atoms with van der Waals surface area (Å²) in [6.07, 6.45) is 1.54. The molecule has 1 fully saturated rings. The molecule has 7 heteroatoms. The average molecular weight is 458 g/mol. The predicted octanol–water partition coefficient (Wildman–Crippen LogP) is 5.20. The Balaban J connectivity index is 1.36. The van der Waals surface area contributed by atoms with E-state index < -0.39 is 17.1 Å². The third-order valence-corrected chi connectivity index (χ3v) is 5.84. The van der Waals surface area contributed by atoms with Crippen molar-refractivity contribution in [2.24, 2.45) is 0 Å². The van der Waals surface area contributed by atoms with Crippen molar-refractivity contribution in [1.82, 2.24) is 4.90 Å². The van der Waals surface area contributed by atoms with Gasteiger partial charge in [-0.1, -0.05) is 66.7 Å². The Morgan fingerprint density at radius 3 is 2.12 bits per heavy atom. The van der Waals surface area contributed by atoms with Gasteiger partial charge < -0.3 is 4.74 Å². The second-order valence-electron chi connectivity index (χ2n) is 7.26. The molecule has 0 unspecified atom stereocenters. The van der Waals surface area contributed by atoms with Crippen LogP contribution in [0, 0.1) is 0 Å². The zero-order valence-corrected chi connectivity index (χ0v) is 18.5. The third kappa shape index (κ3) is 5.10. The Kier molecular flexibility index (Phi) is 6.51. The Labute approximate surface area is 194 Å². The van der Waals surface area contributed by atoms with E-state index in [0.717, 1.165) is 22.9 Å². The van der Waals surface area contributed by atoms with E-state index in [1.807, 2.05) is 42.5 Å². The molecular formula is C26H19NO5S. The van der Waals surface area contributed by atoms with Gasteiger partial charge in [-0.3, -0.25) is 19.2 Å². The lowest BCUT2D eigenvalue weighted by Gasteiger charge is -2.07. The standard InChI is InChI=1S/C26H19NO5S/c1-17(28)27-25(30)24(33-26(27)31)15-18-7-13-22(14-8-18)32-16-23(29)21-11-9-20(10-12-21)19-5-3-2-4-6-19/h2-15H,16H2,1H3/b24-15-. The van der Waals surface area contributed by atoms with Crippen LogP contribution in [0.15, 0.2) is 83.8 Å². The van der Waals surface area contributed by atoms with Crippen LogP contribution >= 0.6 is 11.8 Å². The van der Waals surface area contributed by atoms with Gasteiger partial charge >= 0.3 is 0 Å². The molecule has 0 atom stereocenters. The van der Waals surface area contributed by atoms with Crippen LogP contribution in [0.25, 0.3) is 17.2 Å². The number of thioether (sulfide) groups is 1. The fourth-order valence-corrected chi connectivity index (χ4v) is 4.13. The summed E-state index contributed by atoms with van der Waals surface area (Å²) in [5.74, 6) is -0.874. The summed E-state index contributed by atoms with van der Waals surface area (Å²) in [5, 5.41) is -0.603. The number of ketones is 1. The van der Waals surface area contributed by atoms with Crippen LogP contribution in [0.2, 0.25) is 0 Å². The Bertz CT molecular complexity index is 1250. The van der Waals surface area contributed by atoms with E-state index in [0.29, 0.717) is 21.8 Å². The van der Waals surface area contributed by atoms with Crippen LogP contribution in [-0.4, -0.2) is 34.3 Å². The zero-order chi connectivity index (χ0) is 23.4. The number of imide groups is 3. The molecular weight excluding hydrogens is 438 g/mol. The summed E-state index contributed by atoms with van der Waals surface area (Å²) < 4.78 is 5.60. The molecule has 6 nitrogen and oxygen atoms in total. The highest BCUT2D eigenvalue weighted by Crippen LogP contribution is 2.32. The average Bonchev–Trinajstić information content (AvgIpc) is 3.11. The van der Waals surface area contributed by atoms with Crippen molar-refractivity contribution in [3.63, 3.8) is 0 Å². The molecule has 164 valence electrons. The van der Waals surface area contributed by atoms with Crippen LogP contribution in [0.4, 0.5) is 4.79 Å². The normalized spacial score (nSPS) is 14.6. The lowest BCUT2D eigenvalue weighted by Crippen LogP contribution is -2.32. The largest absolute Gasteiger partial charge is 0.485 e. The second-order valence-corrected chi connectivity index (χ2v) is 8.25. The summed E-state index contributed by atoms with van der Waals surface area (Å²) in [6, 6.07) is 24.1. The number of carbonyl (C=O) groups is 4. The summed E-state index contributed by atoms with van der Waals surface area (Å²) in [4.78, 5) is 48.7. The van der Waals surface area contributed by atoms with Crippen molar-refractivity contribution in [3.8, 4) is 16.9 Å². The van der Waals surface area contributed by atoms with Crippen LogP contribution in [-0.2, 0) is 9.59 Å². The van der Waals surface area contributed by atoms with Gasteiger partial charge in [0, 0.05) is 12.5 Å². The number of carbonyl (C=O) groups excluding carboxylic acids is 4. The number of benzene rings is 3. The molecule has 0 bridgehead atoms. The maximum atomic E-state index is 12.5. The molecule has 1 aliphatic rings. The monoisotopic (exact) mass is 457 g/mol. The highest BCUT2D eigenvalue weighted by atomic mass is 32.2. The topological polar surface area (TPSA) is 80.8 Å². The molecule has 33 heavy (non-hydrogen) atoms. The molecule has 0 saturated carbocycles. The van der Waals surface area contributed by atoms with E-state index in [-0.39, 0.29) is 17.3 Å². The third-order valence-electron chi connectivity index (χ3n) is 4.97. The van der Waals surface area contributed by atoms with Gasteiger partial charge in [0.2, 0.25) is 5.91 Å². The molecule has 0 spiro atoms. The number of Topliss-reactive ketones (excluding diaryl/α,β-unsaturated/α-hetero) is 1. The number of ether oxygens (including phenoxy) is 1. The summed E-state index contributed by atoms with van der Waals surface area (Å²) in [7, 11) is 0. The van der Waals surface area contributed by atoms with Gasteiger partial charge in [-0.2, -0.15) is 0 Å². The summed E-state index contributed by atoms with van der Waals surface area (Å²) in [6.45, 7) is 1.06. The maximum Gasteiger partial charge on any atom is 0.300 e. The lowest BCUT2D eigenvalue weighted by molar-refractivity contribution is -0.135. The first-order valence-electron chi connectivity index (χ1n) is 10.1. The fourth-order valence-electron chi connectivity index (χ4n) is 3.26. The Morgan fingerprint density at radius 1 is 0.879 bits per heavy atom. The first-order chi connectivity index (χ1) is 15.9. The molecule has 0 aliphatic carbocycles. The van der Waals surface area contributed by atoms with Gasteiger partial charge in [0.1, 0.15) is 5.75 Å². The molecule has 1 saturated heterocycles. The van der Waals surface area contributed by atoms with Gasteiger partial charge in [0.15, 0.2) is 12.4 Å². The highest BCUT2D eigenvalue weighted by Gasteiger charge is 2.37. The first kappa shape index (κ1) is 22.2. The maximum absolute atomic E-state index is 12.5. The first-order valence-corrected chi connectivity index (χ1v) is 10.9. The van der Waals surface area contributed by atoms with E-state index >= 15 is 0 Å². The van der Waals surface area contributed by atoms with E-state index in [4.69, 9.17) is 4.74 Å². The molecule has 0 radical (unpaired) electrons. The number of rotatable bonds is 6. The Morgan fingerprint density at radius 2 is 1.52 bits per heavy atom. The van der Waals surface area contributed by atoms with E-state index in [9.17, 15) is 19.2 Å². The SMILES string of the molecule is CC(=O)N1C(=O)S/C(=C\c2ccc(OCC(=O)c3ccc(-c4ccccc4)cc3)cc2)C1=O. The lowest BCUT2D eigenvalue weighted by atomic mass is 10.0. The smallest absolute Gasteiger partial charge is 0.300 e. The van der Waals surface area contributed by atoms with Gasteiger partial charge in [-0.15, -0.1) is 0 Å². The van der Waals surface area contributed by atoms with Crippen molar-refractivity contribution in [2.45, 2.75) is 6.92 Å². The van der Waals surface area contributed by atoms with Crippen molar-refractivity contribution in [2.75, 3.05) is 6.61 Å². The van der Waals surface area contributed by atoms with Gasteiger partial charge in [-0.25, -0.2) is 4.90 Å². The van der Waals surface area contributed by atoms with Crippen LogP contribution in [0.3, 0.4) is 0 Å². The molecule has 0 aromatic heterocycles. The predicted molar refractivity (Wildman–Crippen MR) is 127 cm³/mol. The Hall–Kier alpha value is -3.97. The summed E-state index contributed by atoms with van der Waals surface area (Å²) in [5.41, 5.74) is 3.34. The van der Waals surface area contributed by atoms with Crippen molar-refractivity contribution >= 4 is 40.7 Å². The zero-order valence-electron chi connectivity index (χ0n) is 17.7. The highest BCUT2D eigenvalue weighted by molar-refractivity contribution is 8.18. The molecule has 3 aromatic rings. The molecule has 3 amide bonds. The van der Waals surface area contributed by atoms with E-state index in [1.54, 1.807) is 36.4 Å². The van der Waals surface area contributed by atoms with Crippen LogP contribution in [0.5, 0.6) is 5.75 Å². The van der Waals surface area contributed by atoms with Crippen LogP contribution < -0.4 is 4.74 Å². The molecule has 0 N–H and O–H groups in total. The number of hydrogen-bond acceptors (Lipinski definition) is 6. The number of nitrogens with zero attached hydrogens (tertiary/aromatic N) is 1. The van der Waals surface area contributed by atoms with Crippen molar-refractivity contribution in [3.05, 3.63) is 94.9 Å². The van der Waals surface area contributed by atoms with Crippen molar-refractivity contribution in [1.29, 1.82) is 0 Å². The van der Waals surface area contributed by atoms with Gasteiger partial charge in [0.25, 0.3) is 11.1 Å². The number of hydrogen-bond donors (Lipinski definition) is 0. The fraction of sp³-hybridized carbons (Fsp3) is 0.0769. The minimum Gasteiger partial charge on any atom is -0.485 e. The number of amides is 3. The molecule has 3 aromatic carbocycles. The second kappa shape index (κ2) is 9.67. The summed E-state index contributed by atoms with van der Waals surface area (Å²) >= 11 is 0.722. The van der Waals surface area contributed by atoms with Crippen molar-refractivity contribution < 1.29 is 23.9 Å². The van der Waals surface area contributed by atoms with Crippen LogP contribution in [0.1, 0.15) is 22.8 Å². The van der Waals surface area contributed by atoms with E-state index in [1.165, 1.54) is 13.0 Å². The minimum atomic E-state index is -0.623. The molecule has 1 aliphatic heterocycles. The molecule has 1 heterocycles. The minimum absolute atomic E-state index is 0.110. The quantitative estimate of drug-likeness (QED) is 0.374. The van der Waals surface area contributed by atoms with Gasteiger partial charge in [0.05, 0.1) is 4.91 Å².